The molecule has 0 N–H and O–H groups in total. The van der Waals surface area contributed by atoms with Gasteiger partial charge in [0.2, 0.25) is 0 Å². The molecule has 0 amide bonds. The normalized spacial score (nSPS) is 18.9. The lowest BCUT2D eigenvalue weighted by atomic mass is 10.2. The SMILES string of the molecule is COC(=O)c1ccsc1N=C1CCCN1c1ccc(N2CCOCC2)cc1. The molecule has 3 heterocycles. The molecule has 0 unspecified atom stereocenters. The predicted octanol–water partition coefficient (Wildman–Crippen LogP) is 3.70. The highest BCUT2D eigenvalue weighted by molar-refractivity contribution is 7.14. The van der Waals surface area contributed by atoms with E-state index < -0.39 is 0 Å². The van der Waals surface area contributed by atoms with E-state index in [4.69, 9.17) is 14.5 Å². The van der Waals surface area contributed by atoms with Crippen molar-refractivity contribution in [3.05, 3.63) is 41.3 Å². The van der Waals surface area contributed by atoms with Gasteiger partial charge in [0.05, 0.1) is 25.9 Å². The zero-order chi connectivity index (χ0) is 18.6. The molecule has 1 aromatic heterocycles. The maximum Gasteiger partial charge on any atom is 0.340 e. The van der Waals surface area contributed by atoms with Gasteiger partial charge in [-0.15, -0.1) is 11.3 Å². The number of rotatable bonds is 4. The fraction of sp³-hybridized carbons (Fsp3) is 0.400. The number of anilines is 2. The first-order valence-corrected chi connectivity index (χ1v) is 10.1. The zero-order valence-corrected chi connectivity index (χ0v) is 16.2. The summed E-state index contributed by atoms with van der Waals surface area (Å²) in [5.41, 5.74) is 2.90. The van der Waals surface area contributed by atoms with Crippen LogP contribution >= 0.6 is 11.3 Å². The second kappa shape index (κ2) is 8.10. The van der Waals surface area contributed by atoms with E-state index in [0.29, 0.717) is 10.6 Å². The maximum absolute atomic E-state index is 11.9. The Labute approximate surface area is 163 Å². The molecule has 7 heteroatoms. The van der Waals surface area contributed by atoms with Crippen LogP contribution in [0.1, 0.15) is 23.2 Å². The van der Waals surface area contributed by atoms with Crippen LogP contribution in [0.25, 0.3) is 0 Å². The van der Waals surface area contributed by atoms with Gasteiger partial charge in [-0.2, -0.15) is 0 Å². The summed E-state index contributed by atoms with van der Waals surface area (Å²) in [6.07, 6.45) is 1.96. The van der Waals surface area contributed by atoms with E-state index in [2.05, 4.69) is 34.1 Å². The molecule has 142 valence electrons. The molecule has 0 radical (unpaired) electrons. The van der Waals surface area contributed by atoms with Crippen LogP contribution in [0.2, 0.25) is 0 Å². The molecule has 6 nitrogen and oxygen atoms in total. The van der Waals surface area contributed by atoms with E-state index >= 15 is 0 Å². The zero-order valence-electron chi connectivity index (χ0n) is 15.4. The first-order chi connectivity index (χ1) is 13.3. The lowest BCUT2D eigenvalue weighted by Gasteiger charge is -2.29. The topological polar surface area (TPSA) is 54.4 Å². The quantitative estimate of drug-likeness (QED) is 0.751. The summed E-state index contributed by atoms with van der Waals surface area (Å²) < 4.78 is 10.3. The first kappa shape index (κ1) is 18.0. The third-order valence-corrected chi connectivity index (χ3v) is 5.72. The Morgan fingerprint density at radius 1 is 1.11 bits per heavy atom. The number of nitrogens with zero attached hydrogens (tertiary/aromatic N) is 3. The molecule has 2 saturated heterocycles. The van der Waals surface area contributed by atoms with Crippen molar-refractivity contribution >= 4 is 39.5 Å². The second-order valence-corrected chi connectivity index (χ2v) is 7.42. The Balaban J connectivity index is 1.55. The van der Waals surface area contributed by atoms with Gasteiger partial charge in [-0.25, -0.2) is 9.79 Å². The number of methoxy groups -OCH3 is 1. The van der Waals surface area contributed by atoms with Crippen molar-refractivity contribution in [2.75, 3.05) is 49.8 Å². The third-order valence-electron chi connectivity index (χ3n) is 4.91. The van der Waals surface area contributed by atoms with Crippen LogP contribution in [0.5, 0.6) is 0 Å². The van der Waals surface area contributed by atoms with Gasteiger partial charge in [0, 0.05) is 37.4 Å². The Hall–Kier alpha value is -2.38. The van der Waals surface area contributed by atoms with E-state index in [1.54, 1.807) is 6.07 Å². The van der Waals surface area contributed by atoms with E-state index in [-0.39, 0.29) is 5.97 Å². The van der Waals surface area contributed by atoms with Crippen LogP contribution in [0.15, 0.2) is 40.7 Å². The van der Waals surface area contributed by atoms with E-state index in [9.17, 15) is 4.79 Å². The van der Waals surface area contributed by atoms with Crippen molar-refractivity contribution in [3.63, 3.8) is 0 Å². The number of hydrogen-bond acceptors (Lipinski definition) is 6. The Morgan fingerprint density at radius 2 is 1.85 bits per heavy atom. The van der Waals surface area contributed by atoms with Crippen molar-refractivity contribution in [3.8, 4) is 0 Å². The van der Waals surface area contributed by atoms with E-state index in [1.807, 2.05) is 5.38 Å². The van der Waals surface area contributed by atoms with Gasteiger partial charge >= 0.3 is 5.97 Å². The number of morpholine rings is 1. The molecular weight excluding hydrogens is 362 g/mol. The van der Waals surface area contributed by atoms with Gasteiger partial charge in [0.25, 0.3) is 0 Å². The number of ether oxygens (including phenoxy) is 2. The highest BCUT2D eigenvalue weighted by Crippen LogP contribution is 2.31. The maximum atomic E-state index is 11.9. The van der Waals surface area contributed by atoms with Gasteiger partial charge < -0.3 is 19.3 Å². The van der Waals surface area contributed by atoms with E-state index in [0.717, 1.165) is 57.2 Å². The number of carbonyl (C=O) groups excluding carboxylic acids is 1. The van der Waals surface area contributed by atoms with Gasteiger partial charge in [-0.1, -0.05) is 0 Å². The molecule has 0 saturated carbocycles. The Bertz CT molecular complexity index is 825. The minimum atomic E-state index is -0.338. The lowest BCUT2D eigenvalue weighted by Crippen LogP contribution is -2.36. The molecule has 2 aliphatic rings. The minimum absolute atomic E-state index is 0.338. The minimum Gasteiger partial charge on any atom is -0.465 e. The number of aliphatic imine (C=N–C) groups is 1. The van der Waals surface area contributed by atoms with Crippen molar-refractivity contribution in [2.45, 2.75) is 12.8 Å². The number of esters is 1. The van der Waals surface area contributed by atoms with Crippen molar-refractivity contribution in [2.24, 2.45) is 4.99 Å². The predicted molar refractivity (Wildman–Crippen MR) is 109 cm³/mol. The van der Waals surface area contributed by atoms with Gasteiger partial charge in [0.1, 0.15) is 10.8 Å². The molecule has 0 atom stereocenters. The molecule has 0 aliphatic carbocycles. The summed E-state index contributed by atoms with van der Waals surface area (Å²) in [5.74, 6) is 0.664. The van der Waals surface area contributed by atoms with E-state index in [1.165, 1.54) is 24.1 Å². The molecule has 2 aromatic rings. The summed E-state index contributed by atoms with van der Waals surface area (Å²) >= 11 is 1.47. The number of amidine groups is 1. The van der Waals surface area contributed by atoms with Crippen LogP contribution in [-0.2, 0) is 9.47 Å². The fourth-order valence-corrected chi connectivity index (χ4v) is 4.26. The average Bonchev–Trinajstić information content (AvgIpc) is 3.38. The standard InChI is InChI=1S/C20H23N3O3S/c1-25-20(24)17-8-14-27-19(17)21-18-3-2-9-23(18)16-6-4-15(5-7-16)22-10-12-26-13-11-22/h4-8,14H,2-3,9-13H2,1H3. The highest BCUT2D eigenvalue weighted by atomic mass is 32.1. The van der Waals surface area contributed by atoms with Crippen LogP contribution in [0, 0.1) is 0 Å². The first-order valence-electron chi connectivity index (χ1n) is 9.20. The number of thiophene rings is 1. The highest BCUT2D eigenvalue weighted by Gasteiger charge is 2.22. The van der Waals surface area contributed by atoms with Crippen molar-refractivity contribution in [1.29, 1.82) is 0 Å². The van der Waals surface area contributed by atoms with Gasteiger partial charge in [-0.3, -0.25) is 0 Å². The Kier molecular flexibility index (Phi) is 5.40. The fourth-order valence-electron chi connectivity index (χ4n) is 3.49. The number of hydrogen-bond donors (Lipinski definition) is 0. The second-order valence-electron chi connectivity index (χ2n) is 6.53. The summed E-state index contributed by atoms with van der Waals surface area (Å²) in [7, 11) is 1.40. The summed E-state index contributed by atoms with van der Waals surface area (Å²) in [5, 5.41) is 2.59. The summed E-state index contributed by atoms with van der Waals surface area (Å²) in [6, 6.07) is 10.4. The number of benzene rings is 1. The monoisotopic (exact) mass is 385 g/mol. The molecule has 27 heavy (non-hydrogen) atoms. The molecular formula is C20H23N3O3S. The van der Waals surface area contributed by atoms with Crippen LogP contribution in [0.3, 0.4) is 0 Å². The Morgan fingerprint density at radius 3 is 2.59 bits per heavy atom. The van der Waals surface area contributed by atoms with Gasteiger partial charge in [-0.05, 0) is 42.1 Å². The third kappa shape index (κ3) is 3.84. The summed E-state index contributed by atoms with van der Waals surface area (Å²) in [6.45, 7) is 4.38. The lowest BCUT2D eigenvalue weighted by molar-refractivity contribution is 0.0602. The van der Waals surface area contributed by atoms with Gasteiger partial charge in [0.15, 0.2) is 0 Å². The largest absolute Gasteiger partial charge is 0.465 e. The van der Waals surface area contributed by atoms with Crippen LogP contribution in [-0.4, -0.2) is 51.8 Å². The average molecular weight is 385 g/mol. The molecule has 0 bridgehead atoms. The van der Waals surface area contributed by atoms with Crippen molar-refractivity contribution < 1.29 is 14.3 Å². The van der Waals surface area contributed by atoms with Crippen LogP contribution in [0.4, 0.5) is 16.4 Å². The molecule has 1 aromatic carbocycles. The molecule has 2 fully saturated rings. The van der Waals surface area contributed by atoms with Crippen molar-refractivity contribution in [1.82, 2.24) is 0 Å². The molecule has 4 rings (SSSR count). The van der Waals surface area contributed by atoms with Crippen LogP contribution < -0.4 is 9.80 Å². The molecule has 2 aliphatic heterocycles. The smallest absolute Gasteiger partial charge is 0.340 e. The molecule has 0 spiro atoms. The number of carbonyl (C=O) groups is 1. The summed E-state index contributed by atoms with van der Waals surface area (Å²) in [4.78, 5) is 21.3.